The van der Waals surface area contributed by atoms with E-state index in [1.165, 1.54) is 12.8 Å². The van der Waals surface area contributed by atoms with E-state index in [-0.39, 0.29) is 11.8 Å². The van der Waals surface area contributed by atoms with Gasteiger partial charge in [0.25, 0.3) is 11.8 Å². The normalized spacial score (nSPS) is 21.6. The summed E-state index contributed by atoms with van der Waals surface area (Å²) in [5.41, 5.74) is 1.08. The van der Waals surface area contributed by atoms with Crippen LogP contribution in [0.3, 0.4) is 0 Å². The summed E-state index contributed by atoms with van der Waals surface area (Å²) in [6.07, 6.45) is 10.8. The van der Waals surface area contributed by atoms with E-state index in [9.17, 15) is 9.59 Å². The summed E-state index contributed by atoms with van der Waals surface area (Å²) in [5.74, 6) is 0.0184. The molecule has 0 radical (unpaired) electrons. The highest BCUT2D eigenvalue weighted by molar-refractivity contribution is 5.99. The number of piperidine rings is 2. The van der Waals surface area contributed by atoms with Crippen molar-refractivity contribution in [1.29, 1.82) is 0 Å². The second-order valence-electron chi connectivity index (χ2n) is 6.87. The fourth-order valence-corrected chi connectivity index (χ4v) is 3.81. The van der Waals surface area contributed by atoms with E-state index >= 15 is 0 Å². The highest BCUT2D eigenvalue weighted by atomic mass is 16.2. The van der Waals surface area contributed by atoms with Crippen molar-refractivity contribution >= 4 is 11.8 Å². The third-order valence-electron chi connectivity index (χ3n) is 5.23. The average Bonchev–Trinajstić information content (AvgIpc) is 2.67. The first-order valence-electron chi connectivity index (χ1n) is 9.26. The van der Waals surface area contributed by atoms with Crippen molar-refractivity contribution < 1.29 is 9.59 Å². The topological polar surface area (TPSA) is 53.5 Å². The van der Waals surface area contributed by atoms with E-state index in [0.29, 0.717) is 17.2 Å². The summed E-state index contributed by atoms with van der Waals surface area (Å²) < 4.78 is 0. The van der Waals surface area contributed by atoms with Crippen LogP contribution in [0, 0.1) is 0 Å². The van der Waals surface area contributed by atoms with E-state index < -0.39 is 0 Å². The zero-order valence-electron chi connectivity index (χ0n) is 14.5. The van der Waals surface area contributed by atoms with E-state index in [0.717, 1.165) is 51.7 Å². The second kappa shape index (κ2) is 7.77. The van der Waals surface area contributed by atoms with Crippen LogP contribution in [0.25, 0.3) is 0 Å². The minimum Gasteiger partial charge on any atom is -0.339 e. The molecule has 2 aliphatic rings. The Hall–Kier alpha value is -1.91. The van der Waals surface area contributed by atoms with Crippen molar-refractivity contribution in [3.05, 3.63) is 29.6 Å². The molecule has 1 aromatic heterocycles. The molecule has 2 fully saturated rings. The monoisotopic (exact) mass is 329 g/mol. The Morgan fingerprint density at radius 3 is 2.38 bits per heavy atom. The lowest BCUT2D eigenvalue weighted by molar-refractivity contribution is 0.0607. The molecule has 1 atom stereocenters. The molecule has 0 aromatic carbocycles. The number of likely N-dealkylation sites (tertiary alicyclic amines) is 2. The molecule has 2 aliphatic heterocycles. The van der Waals surface area contributed by atoms with Crippen LogP contribution in [0.5, 0.6) is 0 Å². The number of nitrogens with zero attached hydrogens (tertiary/aromatic N) is 3. The standard InChI is InChI=1S/C19H27N3O2/c1-2-17-8-4-7-11-22(17)19(24)16-12-15(13-20-14-16)18(23)21-9-5-3-6-10-21/h12-14,17H,2-11H2,1H3. The fraction of sp³-hybridized carbons (Fsp3) is 0.632. The number of aromatic nitrogens is 1. The summed E-state index contributed by atoms with van der Waals surface area (Å²) >= 11 is 0. The van der Waals surface area contributed by atoms with E-state index in [2.05, 4.69) is 11.9 Å². The van der Waals surface area contributed by atoms with Crippen LogP contribution in [0.1, 0.15) is 72.6 Å². The van der Waals surface area contributed by atoms with Crippen molar-refractivity contribution in [3.8, 4) is 0 Å². The van der Waals surface area contributed by atoms with Gasteiger partial charge < -0.3 is 9.80 Å². The Morgan fingerprint density at radius 1 is 1.00 bits per heavy atom. The molecule has 5 nitrogen and oxygen atoms in total. The van der Waals surface area contributed by atoms with E-state index in [1.807, 2.05) is 9.80 Å². The highest BCUT2D eigenvalue weighted by Crippen LogP contribution is 2.22. The van der Waals surface area contributed by atoms with Gasteiger partial charge in [-0.15, -0.1) is 0 Å². The van der Waals surface area contributed by atoms with E-state index in [4.69, 9.17) is 0 Å². The molecule has 2 saturated heterocycles. The zero-order chi connectivity index (χ0) is 16.9. The predicted molar refractivity (Wildman–Crippen MR) is 93.0 cm³/mol. The summed E-state index contributed by atoms with van der Waals surface area (Å²) in [6, 6.07) is 2.04. The predicted octanol–water partition coefficient (Wildman–Crippen LogP) is 3.11. The van der Waals surface area contributed by atoms with Crippen LogP contribution in [0.15, 0.2) is 18.5 Å². The maximum atomic E-state index is 12.9. The van der Waals surface area contributed by atoms with Crippen molar-refractivity contribution in [2.45, 2.75) is 57.9 Å². The number of carbonyl (C=O) groups excluding carboxylic acids is 2. The quantitative estimate of drug-likeness (QED) is 0.856. The molecule has 0 bridgehead atoms. The SMILES string of the molecule is CCC1CCCCN1C(=O)c1cncc(C(=O)N2CCCCC2)c1. The van der Waals surface area contributed by atoms with Gasteiger partial charge in [0.05, 0.1) is 11.1 Å². The molecule has 0 spiro atoms. The van der Waals surface area contributed by atoms with Gasteiger partial charge in [-0.25, -0.2) is 0 Å². The number of hydrogen-bond acceptors (Lipinski definition) is 3. The first-order valence-corrected chi connectivity index (χ1v) is 9.26. The Balaban J connectivity index is 1.76. The maximum Gasteiger partial charge on any atom is 0.255 e. The number of amides is 2. The lowest BCUT2D eigenvalue weighted by Crippen LogP contribution is -2.43. The molecule has 1 unspecified atom stereocenters. The summed E-state index contributed by atoms with van der Waals surface area (Å²) in [6.45, 7) is 4.55. The molecule has 130 valence electrons. The Kier molecular flexibility index (Phi) is 5.48. The third-order valence-corrected chi connectivity index (χ3v) is 5.23. The minimum absolute atomic E-state index is 0.00235. The third kappa shape index (κ3) is 3.60. The molecular weight excluding hydrogens is 302 g/mol. The molecule has 3 heterocycles. The van der Waals surface area contributed by atoms with Gasteiger partial charge in [-0.05, 0) is 51.0 Å². The molecule has 1 aromatic rings. The van der Waals surface area contributed by atoms with Crippen LogP contribution in [-0.2, 0) is 0 Å². The van der Waals surface area contributed by atoms with Gasteiger partial charge in [-0.2, -0.15) is 0 Å². The van der Waals surface area contributed by atoms with Crippen LogP contribution < -0.4 is 0 Å². The molecule has 24 heavy (non-hydrogen) atoms. The Bertz CT molecular complexity index is 596. The smallest absolute Gasteiger partial charge is 0.255 e. The summed E-state index contributed by atoms with van der Waals surface area (Å²) in [7, 11) is 0. The van der Waals surface area contributed by atoms with Gasteiger partial charge in [0.1, 0.15) is 0 Å². The summed E-state index contributed by atoms with van der Waals surface area (Å²) in [5, 5.41) is 0. The lowest BCUT2D eigenvalue weighted by Gasteiger charge is -2.35. The largest absolute Gasteiger partial charge is 0.339 e. The van der Waals surface area contributed by atoms with Crippen LogP contribution in [-0.4, -0.2) is 52.3 Å². The first-order chi connectivity index (χ1) is 11.7. The van der Waals surface area contributed by atoms with Crippen LogP contribution in [0.2, 0.25) is 0 Å². The number of hydrogen-bond donors (Lipinski definition) is 0. The van der Waals surface area contributed by atoms with Crippen molar-refractivity contribution in [2.24, 2.45) is 0 Å². The van der Waals surface area contributed by atoms with Crippen molar-refractivity contribution in [2.75, 3.05) is 19.6 Å². The van der Waals surface area contributed by atoms with Crippen molar-refractivity contribution in [1.82, 2.24) is 14.8 Å². The highest BCUT2D eigenvalue weighted by Gasteiger charge is 2.27. The summed E-state index contributed by atoms with van der Waals surface area (Å²) in [4.78, 5) is 33.5. The molecular formula is C19H27N3O2. The van der Waals surface area contributed by atoms with Crippen molar-refractivity contribution in [3.63, 3.8) is 0 Å². The van der Waals surface area contributed by atoms with Gasteiger partial charge in [-0.3, -0.25) is 14.6 Å². The van der Waals surface area contributed by atoms with Crippen LogP contribution >= 0.6 is 0 Å². The lowest BCUT2D eigenvalue weighted by atomic mass is 9.99. The van der Waals surface area contributed by atoms with Gasteiger partial charge in [0.15, 0.2) is 0 Å². The Labute approximate surface area is 144 Å². The van der Waals surface area contributed by atoms with Gasteiger partial charge in [0.2, 0.25) is 0 Å². The number of carbonyl (C=O) groups is 2. The molecule has 0 N–H and O–H groups in total. The molecule has 0 aliphatic carbocycles. The van der Waals surface area contributed by atoms with Gasteiger partial charge >= 0.3 is 0 Å². The van der Waals surface area contributed by atoms with Gasteiger partial charge in [0, 0.05) is 38.1 Å². The minimum atomic E-state index is 0.00235. The number of rotatable bonds is 3. The second-order valence-corrected chi connectivity index (χ2v) is 6.87. The molecule has 5 heteroatoms. The average molecular weight is 329 g/mol. The maximum absolute atomic E-state index is 12.9. The zero-order valence-corrected chi connectivity index (χ0v) is 14.5. The Morgan fingerprint density at radius 2 is 1.67 bits per heavy atom. The molecule has 2 amide bonds. The fourth-order valence-electron chi connectivity index (χ4n) is 3.81. The van der Waals surface area contributed by atoms with E-state index in [1.54, 1.807) is 18.5 Å². The number of pyridine rings is 1. The molecule has 3 rings (SSSR count). The van der Waals surface area contributed by atoms with Gasteiger partial charge in [-0.1, -0.05) is 6.92 Å². The van der Waals surface area contributed by atoms with Crippen LogP contribution in [0.4, 0.5) is 0 Å². The first kappa shape index (κ1) is 16.9. The molecule has 0 saturated carbocycles.